The zero-order chi connectivity index (χ0) is 51.9. The van der Waals surface area contributed by atoms with Gasteiger partial charge in [0, 0.05) is 0 Å². The Morgan fingerprint density at radius 1 is 0.117 bits per heavy atom. The fraction of sp³-hybridized carbons (Fsp3) is 0. The van der Waals surface area contributed by atoms with Crippen LogP contribution < -0.4 is 63.7 Å². The Labute approximate surface area is 459 Å². The van der Waals surface area contributed by atoms with Crippen LogP contribution in [0.5, 0.6) is 0 Å². The molecule has 0 bridgehead atoms. The summed E-state index contributed by atoms with van der Waals surface area (Å²) in [5.41, 5.74) is -15.6. The van der Waals surface area contributed by atoms with E-state index in [4.69, 9.17) is 0 Å². The van der Waals surface area contributed by atoms with Crippen LogP contribution in [0.1, 0.15) is 0 Å². The third-order valence-electron chi connectivity index (χ3n) is 15.8. The van der Waals surface area contributed by atoms with Gasteiger partial charge >= 0.3 is 463 Å². The van der Waals surface area contributed by atoms with Gasteiger partial charge in [-0.25, -0.2) is 0 Å². The number of hydrogen-bond donors (Lipinski definition) is 0. The Kier molecular flexibility index (Phi) is 14.9. The second-order valence-corrected chi connectivity index (χ2v) is 78.1. The Bertz CT molecular complexity index is 2860. The van der Waals surface area contributed by atoms with Crippen molar-refractivity contribution < 1.29 is 12.8 Å². The molecule has 0 atom stereocenters. The standard InChI is InChI=1S/4C18H15P.Ru.H/c4*1-4-10-16(11-5-1)19(17-12-6-2-7-13-17)18-14-8-3-9-15-18;;/h4*1-15H;;/q;;;;-4;/p+4. The Morgan fingerprint density at radius 2 is 0.195 bits per heavy atom. The minimum atomic E-state index is -5.26. The van der Waals surface area contributed by atoms with Crippen molar-refractivity contribution in [3.63, 3.8) is 0 Å². The quantitative estimate of drug-likeness (QED) is 0.0668. The van der Waals surface area contributed by atoms with E-state index in [1.165, 1.54) is 63.7 Å². The molecule has 0 spiro atoms. The van der Waals surface area contributed by atoms with Gasteiger partial charge in [0.15, 0.2) is 0 Å². The van der Waals surface area contributed by atoms with Gasteiger partial charge in [-0.1, -0.05) is 0 Å². The summed E-state index contributed by atoms with van der Waals surface area (Å²) in [6, 6.07) is 147. The maximum absolute atomic E-state index is 5.26. The number of rotatable bonds is 16. The van der Waals surface area contributed by atoms with Crippen LogP contribution >= 0.6 is 22.4 Å². The van der Waals surface area contributed by atoms with E-state index in [-0.39, 0.29) is 0 Å². The van der Waals surface area contributed by atoms with Crippen LogP contribution in [-0.2, 0) is 12.8 Å². The van der Waals surface area contributed by atoms with Crippen molar-refractivity contribution in [1.82, 2.24) is 0 Å². The van der Waals surface area contributed by atoms with Crippen molar-refractivity contribution in [2.45, 2.75) is 0 Å². The van der Waals surface area contributed by atoms with Crippen molar-refractivity contribution >= 4 is 86.0 Å². The van der Waals surface area contributed by atoms with E-state index in [9.17, 15) is 0 Å². The predicted octanol–water partition coefficient (Wildman–Crippen LogP) is 12.4. The second-order valence-electron chi connectivity index (χ2n) is 19.6. The molecular weight excluding hydrogens is 1090 g/mol. The molecule has 381 valence electrons. The summed E-state index contributed by atoms with van der Waals surface area (Å²) < 4.78 is 0. The van der Waals surface area contributed by atoms with Gasteiger partial charge in [0.25, 0.3) is 0 Å². The molecule has 0 nitrogen and oxygen atoms in total. The predicted molar refractivity (Wildman–Crippen MR) is 348 cm³/mol. The van der Waals surface area contributed by atoms with Crippen molar-refractivity contribution in [2.75, 3.05) is 0 Å². The van der Waals surface area contributed by atoms with Gasteiger partial charge < -0.3 is 0 Å². The first-order valence-electron chi connectivity index (χ1n) is 26.7. The van der Waals surface area contributed by atoms with E-state index < -0.39 is 35.2 Å². The molecule has 77 heavy (non-hydrogen) atoms. The van der Waals surface area contributed by atoms with Crippen LogP contribution in [0.2, 0.25) is 0 Å². The van der Waals surface area contributed by atoms with Gasteiger partial charge in [0.2, 0.25) is 0 Å². The van der Waals surface area contributed by atoms with Crippen LogP contribution in [0.25, 0.3) is 0 Å². The van der Waals surface area contributed by atoms with Gasteiger partial charge in [-0.2, -0.15) is 0 Å². The average molecular weight is 1160 g/mol. The molecular formula is C72H65P4Ru. The zero-order valence-electron chi connectivity index (χ0n) is 43.0. The summed E-state index contributed by atoms with van der Waals surface area (Å²) in [6.45, 7) is 0. The molecule has 0 aliphatic carbocycles. The van der Waals surface area contributed by atoms with Crippen molar-refractivity contribution in [1.29, 1.82) is 0 Å². The van der Waals surface area contributed by atoms with Gasteiger partial charge in [0.1, 0.15) is 0 Å². The van der Waals surface area contributed by atoms with E-state index in [1.54, 1.807) is 0 Å². The molecule has 0 heterocycles. The summed E-state index contributed by atoms with van der Waals surface area (Å²) in [5.74, 6) is 0. The van der Waals surface area contributed by atoms with E-state index in [0.717, 1.165) is 0 Å². The van der Waals surface area contributed by atoms with Crippen LogP contribution in [0.3, 0.4) is 0 Å². The molecule has 0 unspecified atom stereocenters. The fourth-order valence-corrected chi connectivity index (χ4v) is 205. The molecule has 12 aromatic rings. The first-order chi connectivity index (χ1) is 38.3. The van der Waals surface area contributed by atoms with Crippen LogP contribution in [0, 0.1) is 0 Å². The first kappa shape index (κ1) is 50.8. The van der Waals surface area contributed by atoms with E-state index in [2.05, 4.69) is 364 Å². The maximum atomic E-state index is 2.60. The Morgan fingerprint density at radius 3 is 0.273 bits per heavy atom. The molecule has 0 radical (unpaired) electrons. The van der Waals surface area contributed by atoms with Gasteiger partial charge in [0.05, 0.1) is 0 Å². The topological polar surface area (TPSA) is 0 Å². The van der Waals surface area contributed by atoms with E-state index in [1.807, 2.05) is 0 Å². The monoisotopic (exact) mass is 1160 g/mol. The fourth-order valence-electron chi connectivity index (χ4n) is 13.3. The summed E-state index contributed by atoms with van der Waals surface area (Å²) >= 11 is -5.26. The summed E-state index contributed by atoms with van der Waals surface area (Å²) in [6.07, 6.45) is 0. The van der Waals surface area contributed by atoms with Crippen LogP contribution in [0.15, 0.2) is 364 Å². The van der Waals surface area contributed by atoms with Crippen LogP contribution in [0.4, 0.5) is 0 Å². The van der Waals surface area contributed by atoms with Crippen molar-refractivity contribution in [2.24, 2.45) is 0 Å². The molecule has 5 heteroatoms. The molecule has 0 aliphatic rings. The normalized spacial score (nSPS) is 13.2. The Hall–Kier alpha value is -7.02. The molecule has 0 aliphatic heterocycles. The molecule has 0 fully saturated rings. The SMILES string of the molecule is c1ccc([PH](c2ccccc2)(c2ccccc2)[RuH]([PH](c2ccccc2)(c2ccccc2)c2ccccc2)([PH](c2ccccc2)(c2ccccc2)c2ccccc2)[PH](c2ccccc2)(c2ccccc2)c2ccccc2)cc1. The van der Waals surface area contributed by atoms with E-state index in [0.29, 0.717) is 0 Å². The molecule has 12 rings (SSSR count). The first-order valence-corrected chi connectivity index (χ1v) is 45.3. The number of benzene rings is 12. The number of hydrogen-bond acceptors (Lipinski definition) is 0. The molecule has 0 saturated heterocycles. The minimum absolute atomic E-state index is 1.47. The molecule has 0 aromatic heterocycles. The second kappa shape index (κ2) is 22.5. The van der Waals surface area contributed by atoms with Gasteiger partial charge in [-0.3, -0.25) is 0 Å². The van der Waals surface area contributed by atoms with Gasteiger partial charge in [-0.05, 0) is 0 Å². The van der Waals surface area contributed by atoms with Crippen molar-refractivity contribution in [3.8, 4) is 0 Å². The third kappa shape index (κ3) is 7.98. The Balaban J connectivity index is 1.64. The molecule has 0 amide bonds. The zero-order valence-corrected chi connectivity index (χ0v) is 48.9. The van der Waals surface area contributed by atoms with Gasteiger partial charge in [-0.15, -0.1) is 0 Å². The average Bonchev–Trinajstić information content (AvgIpc) is 3.71. The third-order valence-corrected chi connectivity index (χ3v) is 137. The van der Waals surface area contributed by atoms with Crippen LogP contribution in [-0.4, -0.2) is 0 Å². The molecule has 12 aromatic carbocycles. The summed E-state index contributed by atoms with van der Waals surface area (Å²) in [4.78, 5) is 0. The van der Waals surface area contributed by atoms with Crippen molar-refractivity contribution in [3.05, 3.63) is 364 Å². The molecule has 0 saturated carbocycles. The van der Waals surface area contributed by atoms with E-state index >= 15 is 0 Å². The molecule has 0 N–H and O–H groups in total. The summed E-state index contributed by atoms with van der Waals surface area (Å²) in [5, 5.41) is 17.6. The summed E-state index contributed by atoms with van der Waals surface area (Å²) in [7, 11) is 0.